The van der Waals surface area contributed by atoms with E-state index in [2.05, 4.69) is 13.8 Å². The van der Waals surface area contributed by atoms with Crippen LogP contribution in [0.5, 0.6) is 0 Å². The van der Waals surface area contributed by atoms with E-state index in [4.69, 9.17) is 19.6 Å². The van der Waals surface area contributed by atoms with Crippen LogP contribution in [-0.4, -0.2) is 17.5 Å². The van der Waals surface area contributed by atoms with Gasteiger partial charge in [-0.2, -0.15) is 9.78 Å². The van der Waals surface area contributed by atoms with Crippen molar-refractivity contribution in [3.63, 3.8) is 0 Å². The van der Waals surface area contributed by atoms with Crippen LogP contribution < -0.4 is 0 Å². The van der Waals surface area contributed by atoms with Gasteiger partial charge in [0.15, 0.2) is 0 Å². The lowest BCUT2D eigenvalue weighted by Crippen LogP contribution is -2.41. The van der Waals surface area contributed by atoms with Crippen LogP contribution in [0.3, 0.4) is 0 Å². The van der Waals surface area contributed by atoms with Crippen LogP contribution >= 0.6 is 0 Å². The van der Waals surface area contributed by atoms with Crippen molar-refractivity contribution < 1.29 is 24.3 Å². The Morgan fingerprint density at radius 1 is 0.629 bits per heavy atom. The van der Waals surface area contributed by atoms with Crippen molar-refractivity contribution in [1.29, 1.82) is 0 Å². The van der Waals surface area contributed by atoms with Gasteiger partial charge >= 0.3 is 0 Å². The smallest absolute Gasteiger partial charge is 0.284 e. The molecule has 0 fully saturated rings. The highest BCUT2D eigenvalue weighted by molar-refractivity contribution is 5.74. The fourth-order valence-corrected chi connectivity index (χ4v) is 3.84. The predicted octanol–water partition coefficient (Wildman–Crippen LogP) is 8.31. The molecular formula is C30H44O5. The summed E-state index contributed by atoms with van der Waals surface area (Å²) in [7, 11) is 0. The number of benzene rings is 2. The summed E-state index contributed by atoms with van der Waals surface area (Å²) >= 11 is 0. The summed E-state index contributed by atoms with van der Waals surface area (Å²) in [5.41, 5.74) is 0.906. The number of carbonyl (C=O) groups excluding carboxylic acids is 1. The molecule has 0 atom stereocenters. The van der Waals surface area contributed by atoms with Gasteiger partial charge in [-0.05, 0) is 40.5 Å². The summed E-state index contributed by atoms with van der Waals surface area (Å²) in [6.45, 7) is 12.4. The van der Waals surface area contributed by atoms with Crippen molar-refractivity contribution in [2.45, 2.75) is 110 Å². The van der Waals surface area contributed by atoms with Crippen LogP contribution in [-0.2, 0) is 25.3 Å². The Morgan fingerprint density at radius 2 is 1.09 bits per heavy atom. The third-order valence-electron chi connectivity index (χ3n) is 6.11. The highest BCUT2D eigenvalue weighted by Crippen LogP contribution is 2.39. The number of unbranched alkanes of at least 4 members (excludes halogenated alkanes) is 4. The average Bonchev–Trinajstić information content (AvgIpc) is 2.85. The van der Waals surface area contributed by atoms with E-state index in [0.29, 0.717) is 11.1 Å². The molecule has 2 rings (SSSR count). The Kier molecular flexibility index (Phi) is 11.6. The van der Waals surface area contributed by atoms with Crippen LogP contribution in [0.1, 0.15) is 114 Å². The molecule has 2 aromatic rings. The summed E-state index contributed by atoms with van der Waals surface area (Å²) in [6, 6.07) is 16.8. The molecule has 0 N–H and O–H groups in total. The van der Waals surface area contributed by atoms with Gasteiger partial charge in [0, 0.05) is 16.7 Å². The van der Waals surface area contributed by atoms with E-state index in [-0.39, 0.29) is 0 Å². The van der Waals surface area contributed by atoms with E-state index in [1.54, 1.807) is 12.1 Å². The fourth-order valence-electron chi connectivity index (χ4n) is 3.84. The van der Waals surface area contributed by atoms with Crippen molar-refractivity contribution in [2.24, 2.45) is 0 Å². The minimum Gasteiger partial charge on any atom is -0.298 e. The maximum Gasteiger partial charge on any atom is 0.284 e. The molecular weight excluding hydrogens is 440 g/mol. The maximum absolute atomic E-state index is 11.3. The Balaban J connectivity index is 2.43. The summed E-state index contributed by atoms with van der Waals surface area (Å²) < 4.78 is 0. The lowest BCUT2D eigenvalue weighted by Gasteiger charge is -2.37. The van der Waals surface area contributed by atoms with Gasteiger partial charge in [-0.15, -0.1) is 0 Å². The van der Waals surface area contributed by atoms with Crippen LogP contribution in [0.2, 0.25) is 0 Å². The van der Waals surface area contributed by atoms with Crippen LogP contribution in [0, 0.1) is 0 Å². The number of hydrogen-bond acceptors (Lipinski definition) is 5. The summed E-state index contributed by atoms with van der Waals surface area (Å²) in [5, 5.41) is 0. The molecule has 5 nitrogen and oxygen atoms in total. The minimum atomic E-state index is -1.48. The zero-order valence-electron chi connectivity index (χ0n) is 22.5. The van der Waals surface area contributed by atoms with E-state index < -0.39 is 17.0 Å². The van der Waals surface area contributed by atoms with Gasteiger partial charge < -0.3 is 0 Å². The first-order valence-electron chi connectivity index (χ1n) is 13.0. The Morgan fingerprint density at radius 3 is 1.51 bits per heavy atom. The maximum atomic E-state index is 11.3. The van der Waals surface area contributed by atoms with Gasteiger partial charge in [0.25, 0.3) is 5.79 Å². The van der Waals surface area contributed by atoms with Gasteiger partial charge in [0.1, 0.15) is 6.29 Å². The molecule has 0 bridgehead atoms. The van der Waals surface area contributed by atoms with Gasteiger partial charge in [0.05, 0.1) is 11.2 Å². The van der Waals surface area contributed by atoms with Crippen LogP contribution in [0.25, 0.3) is 0 Å². The second-order valence-electron chi connectivity index (χ2n) is 10.5. The molecule has 0 amide bonds. The summed E-state index contributed by atoms with van der Waals surface area (Å²) in [4.78, 5) is 36.0. The largest absolute Gasteiger partial charge is 0.298 e. The Labute approximate surface area is 212 Å². The number of rotatable bonds is 17. The van der Waals surface area contributed by atoms with Crippen LogP contribution in [0.4, 0.5) is 0 Å². The van der Waals surface area contributed by atoms with Gasteiger partial charge in [0.2, 0.25) is 0 Å². The molecule has 35 heavy (non-hydrogen) atoms. The first kappa shape index (κ1) is 29.2. The van der Waals surface area contributed by atoms with E-state index in [1.165, 1.54) is 0 Å². The van der Waals surface area contributed by atoms with Gasteiger partial charge in [-0.3, -0.25) is 4.79 Å². The van der Waals surface area contributed by atoms with Crippen molar-refractivity contribution in [3.05, 3.63) is 71.3 Å². The topological polar surface area (TPSA) is 54.0 Å². The molecule has 0 spiro atoms. The van der Waals surface area contributed by atoms with Crippen molar-refractivity contribution in [3.8, 4) is 0 Å². The highest BCUT2D eigenvalue weighted by atomic mass is 17.3. The number of hydrogen-bond donors (Lipinski definition) is 0. The number of aldehydes is 1. The molecule has 2 aromatic carbocycles. The summed E-state index contributed by atoms with van der Waals surface area (Å²) in [6.07, 6.45) is 9.14. The minimum absolute atomic E-state index is 0.530. The molecule has 0 heterocycles. The average molecular weight is 485 g/mol. The SMILES string of the molecule is CCCCCC(C)(C)OOC(OOC(C)(C)CCCCC)(c1ccccc1)c1ccc(C=O)cc1. The van der Waals surface area contributed by atoms with Crippen molar-refractivity contribution in [2.75, 3.05) is 0 Å². The molecule has 0 aliphatic heterocycles. The van der Waals surface area contributed by atoms with E-state index in [9.17, 15) is 4.79 Å². The molecule has 0 unspecified atom stereocenters. The lowest BCUT2D eigenvalue weighted by atomic mass is 9.96. The zero-order valence-corrected chi connectivity index (χ0v) is 22.5. The first-order valence-corrected chi connectivity index (χ1v) is 13.0. The quantitative estimate of drug-likeness (QED) is 0.0743. The fraction of sp³-hybridized carbons (Fsp3) is 0.567. The van der Waals surface area contributed by atoms with Crippen molar-refractivity contribution >= 4 is 6.29 Å². The highest BCUT2D eigenvalue weighted by Gasteiger charge is 2.43. The van der Waals surface area contributed by atoms with Crippen LogP contribution in [0.15, 0.2) is 54.6 Å². The molecule has 0 aromatic heterocycles. The van der Waals surface area contributed by atoms with Gasteiger partial charge in [-0.25, -0.2) is 9.78 Å². The zero-order chi connectivity index (χ0) is 25.8. The summed E-state index contributed by atoms with van der Waals surface area (Å²) in [5.74, 6) is -1.48. The Bertz CT molecular complexity index is 832. The predicted molar refractivity (Wildman–Crippen MR) is 140 cm³/mol. The van der Waals surface area contributed by atoms with E-state index >= 15 is 0 Å². The van der Waals surface area contributed by atoms with E-state index in [0.717, 1.165) is 63.2 Å². The Hall–Kier alpha value is -2.05. The molecule has 0 aliphatic carbocycles. The van der Waals surface area contributed by atoms with Crippen molar-refractivity contribution in [1.82, 2.24) is 0 Å². The third kappa shape index (κ3) is 9.16. The van der Waals surface area contributed by atoms with E-state index in [1.807, 2.05) is 70.2 Å². The second-order valence-corrected chi connectivity index (χ2v) is 10.5. The molecule has 0 saturated heterocycles. The third-order valence-corrected chi connectivity index (χ3v) is 6.11. The molecule has 0 saturated carbocycles. The lowest BCUT2D eigenvalue weighted by molar-refractivity contribution is -0.539. The molecule has 5 heteroatoms. The second kappa shape index (κ2) is 13.9. The molecule has 0 radical (unpaired) electrons. The molecule has 194 valence electrons. The standard InChI is InChI=1S/C30H44O5/c1-7-9-14-22-28(3,4)32-34-30(26-16-12-11-13-17-26,27-20-18-25(24-31)19-21-27)35-33-29(5,6)23-15-10-8-2/h11-13,16-21,24H,7-10,14-15,22-23H2,1-6H3. The number of carbonyl (C=O) groups is 1. The first-order chi connectivity index (χ1) is 16.7. The monoisotopic (exact) mass is 484 g/mol. The normalized spacial score (nSPS) is 12.6. The molecule has 0 aliphatic rings. The van der Waals surface area contributed by atoms with Gasteiger partial charge in [-0.1, -0.05) is 107 Å².